The fraction of sp³-hybridized carbons (Fsp3) is 0.579. The second-order valence-corrected chi connectivity index (χ2v) is 6.95. The van der Waals surface area contributed by atoms with Crippen LogP contribution in [0, 0.1) is 0 Å². The molecule has 146 valence electrons. The Labute approximate surface area is 153 Å². The summed E-state index contributed by atoms with van der Waals surface area (Å²) >= 11 is 0. The second-order valence-electron chi connectivity index (χ2n) is 6.95. The van der Waals surface area contributed by atoms with Crippen molar-refractivity contribution in [3.8, 4) is 0 Å². The molecule has 1 aromatic carbocycles. The maximum atomic E-state index is 14.7. The first-order chi connectivity index (χ1) is 12.0. The van der Waals surface area contributed by atoms with E-state index in [0.717, 1.165) is 0 Å². The molecule has 0 radical (unpaired) electrons. The Hall–Kier alpha value is -2.18. The van der Waals surface area contributed by atoms with Crippen molar-refractivity contribution in [2.24, 2.45) is 0 Å². The summed E-state index contributed by atoms with van der Waals surface area (Å²) in [4.78, 5) is 23.4. The van der Waals surface area contributed by atoms with Crippen LogP contribution in [0.25, 0.3) is 0 Å². The van der Waals surface area contributed by atoms with Crippen LogP contribution >= 0.6 is 0 Å². The molecule has 0 saturated heterocycles. The summed E-state index contributed by atoms with van der Waals surface area (Å²) in [5.41, 5.74) is -0.161. The quantitative estimate of drug-likeness (QED) is 0.699. The second kappa shape index (κ2) is 9.50. The van der Waals surface area contributed by atoms with Crippen molar-refractivity contribution in [3.05, 3.63) is 35.9 Å². The van der Waals surface area contributed by atoms with E-state index in [-0.39, 0.29) is 13.0 Å². The van der Waals surface area contributed by atoms with E-state index in [9.17, 15) is 18.4 Å². The number of rotatable bonds is 8. The number of nitrogens with one attached hydrogen (secondary N) is 1. The third-order valence-corrected chi connectivity index (χ3v) is 3.45. The van der Waals surface area contributed by atoms with Crippen LogP contribution < -0.4 is 5.32 Å². The summed E-state index contributed by atoms with van der Waals surface area (Å²) in [5.74, 6) is -4.00. The van der Waals surface area contributed by atoms with Gasteiger partial charge < -0.3 is 14.8 Å². The van der Waals surface area contributed by atoms with Crippen molar-refractivity contribution in [3.63, 3.8) is 0 Å². The van der Waals surface area contributed by atoms with E-state index >= 15 is 0 Å². The molecule has 0 spiro atoms. The van der Waals surface area contributed by atoms with E-state index in [1.54, 1.807) is 58.0 Å². The largest absolute Gasteiger partial charge is 0.466 e. The smallest absolute Gasteiger partial charge is 0.408 e. The summed E-state index contributed by atoms with van der Waals surface area (Å²) in [7, 11) is 0. The Morgan fingerprint density at radius 1 is 1.15 bits per heavy atom. The van der Waals surface area contributed by atoms with Gasteiger partial charge in [0.15, 0.2) is 0 Å². The van der Waals surface area contributed by atoms with Crippen molar-refractivity contribution in [1.29, 1.82) is 0 Å². The Kier molecular flexibility index (Phi) is 7.99. The molecule has 0 unspecified atom stereocenters. The van der Waals surface area contributed by atoms with E-state index in [1.165, 1.54) is 0 Å². The van der Waals surface area contributed by atoms with Crippen LogP contribution in [-0.2, 0) is 20.7 Å². The molecule has 0 bridgehead atoms. The minimum absolute atomic E-state index is 0.0874. The van der Waals surface area contributed by atoms with Gasteiger partial charge in [-0.25, -0.2) is 13.6 Å². The molecule has 7 heteroatoms. The fourth-order valence-electron chi connectivity index (χ4n) is 2.28. The van der Waals surface area contributed by atoms with Crippen LogP contribution in [0.5, 0.6) is 0 Å². The molecule has 0 saturated carbocycles. The number of ether oxygens (including phenoxy) is 2. The lowest BCUT2D eigenvalue weighted by Gasteiger charge is -2.29. The average Bonchev–Trinajstić information content (AvgIpc) is 2.52. The molecule has 0 aliphatic heterocycles. The zero-order valence-corrected chi connectivity index (χ0v) is 15.7. The zero-order valence-electron chi connectivity index (χ0n) is 15.7. The van der Waals surface area contributed by atoms with Crippen LogP contribution in [0.2, 0.25) is 0 Å². The highest BCUT2D eigenvalue weighted by atomic mass is 19.3. The Morgan fingerprint density at radius 3 is 2.31 bits per heavy atom. The fourth-order valence-corrected chi connectivity index (χ4v) is 2.28. The average molecular weight is 371 g/mol. The van der Waals surface area contributed by atoms with E-state index in [0.29, 0.717) is 5.56 Å². The van der Waals surface area contributed by atoms with Crippen molar-refractivity contribution < 1.29 is 27.8 Å². The van der Waals surface area contributed by atoms with Gasteiger partial charge in [0.25, 0.3) is 5.92 Å². The van der Waals surface area contributed by atoms with E-state index in [2.05, 4.69) is 5.32 Å². The summed E-state index contributed by atoms with van der Waals surface area (Å²) in [6.45, 7) is 6.69. The van der Waals surface area contributed by atoms with Gasteiger partial charge in [0.1, 0.15) is 5.60 Å². The summed E-state index contributed by atoms with van der Waals surface area (Å²) in [6, 6.07) is 7.14. The van der Waals surface area contributed by atoms with Crippen LogP contribution in [0.15, 0.2) is 30.3 Å². The minimum atomic E-state index is -3.31. The molecule has 1 amide bonds. The molecular formula is C19H27F2NO4. The molecule has 1 N–H and O–H groups in total. The molecule has 0 heterocycles. The Balaban J connectivity index is 2.87. The topological polar surface area (TPSA) is 64.6 Å². The highest BCUT2D eigenvalue weighted by molar-refractivity contribution is 5.70. The summed E-state index contributed by atoms with van der Waals surface area (Å²) < 4.78 is 39.2. The van der Waals surface area contributed by atoms with Crippen molar-refractivity contribution >= 4 is 12.1 Å². The zero-order chi connectivity index (χ0) is 19.8. The van der Waals surface area contributed by atoms with Gasteiger partial charge in [-0.1, -0.05) is 30.3 Å². The van der Waals surface area contributed by atoms with Gasteiger partial charge >= 0.3 is 12.1 Å². The first kappa shape index (κ1) is 21.9. The van der Waals surface area contributed by atoms with Gasteiger partial charge in [-0.3, -0.25) is 4.79 Å². The lowest BCUT2D eigenvalue weighted by molar-refractivity contribution is -0.145. The molecule has 0 aromatic heterocycles. The van der Waals surface area contributed by atoms with Crippen LogP contribution in [-0.4, -0.2) is 36.2 Å². The number of alkyl halides is 2. The van der Waals surface area contributed by atoms with Gasteiger partial charge in [-0.2, -0.15) is 0 Å². The lowest BCUT2D eigenvalue weighted by atomic mass is 9.97. The lowest BCUT2D eigenvalue weighted by Crippen LogP contribution is -2.50. The predicted octanol–water partition coefficient (Wildman–Crippen LogP) is 4.10. The number of hydrogen-bond acceptors (Lipinski definition) is 4. The normalized spacial score (nSPS) is 13.0. The highest BCUT2D eigenvalue weighted by Gasteiger charge is 2.41. The van der Waals surface area contributed by atoms with Gasteiger partial charge in [0, 0.05) is 6.42 Å². The maximum Gasteiger partial charge on any atom is 0.408 e. The van der Waals surface area contributed by atoms with Gasteiger partial charge in [0.2, 0.25) is 0 Å². The number of carbonyl (C=O) groups excluding carboxylic acids is 2. The highest BCUT2D eigenvalue weighted by Crippen LogP contribution is 2.28. The first-order valence-electron chi connectivity index (χ1n) is 8.60. The van der Waals surface area contributed by atoms with E-state index in [4.69, 9.17) is 9.47 Å². The third-order valence-electron chi connectivity index (χ3n) is 3.45. The predicted molar refractivity (Wildman–Crippen MR) is 94.1 cm³/mol. The van der Waals surface area contributed by atoms with Crippen molar-refractivity contribution in [1.82, 2.24) is 5.32 Å². The molecule has 0 fully saturated rings. The summed E-state index contributed by atoms with van der Waals surface area (Å²) in [5, 5.41) is 2.25. The number of alkyl carbamates (subject to hydrolysis) is 1. The standard InChI is InChI=1S/C19H27F2NO4/c1-5-25-16(23)11-12-19(20,21)15(13-14-9-7-6-8-10-14)22-17(24)26-18(2,3)4/h6-10,15H,5,11-13H2,1-4H3,(H,22,24)/t15-/m0/s1. The minimum Gasteiger partial charge on any atom is -0.466 e. The number of halogens is 2. The molecule has 0 aliphatic rings. The Morgan fingerprint density at radius 2 is 1.77 bits per heavy atom. The van der Waals surface area contributed by atoms with E-state index in [1.807, 2.05) is 0 Å². The number of hydrogen-bond donors (Lipinski definition) is 1. The molecule has 26 heavy (non-hydrogen) atoms. The van der Waals surface area contributed by atoms with Gasteiger partial charge in [-0.15, -0.1) is 0 Å². The van der Waals surface area contributed by atoms with E-state index < -0.39 is 42.5 Å². The number of benzene rings is 1. The molecule has 0 aliphatic carbocycles. The molecule has 1 rings (SSSR count). The summed E-state index contributed by atoms with van der Waals surface area (Å²) in [6.07, 6.45) is -2.16. The van der Waals surface area contributed by atoms with Crippen molar-refractivity contribution in [2.75, 3.05) is 6.61 Å². The molecule has 5 nitrogen and oxygen atoms in total. The van der Waals surface area contributed by atoms with Crippen LogP contribution in [0.1, 0.15) is 46.1 Å². The molecular weight excluding hydrogens is 344 g/mol. The monoisotopic (exact) mass is 371 g/mol. The number of carbonyl (C=O) groups is 2. The third kappa shape index (κ3) is 8.27. The van der Waals surface area contributed by atoms with Crippen LogP contribution in [0.3, 0.4) is 0 Å². The number of amides is 1. The Bertz CT molecular complexity index is 585. The van der Waals surface area contributed by atoms with Crippen LogP contribution in [0.4, 0.5) is 13.6 Å². The van der Waals surface area contributed by atoms with Gasteiger partial charge in [-0.05, 0) is 39.7 Å². The SMILES string of the molecule is CCOC(=O)CCC(F)(F)[C@H](Cc1ccccc1)NC(=O)OC(C)(C)C. The molecule has 1 atom stereocenters. The first-order valence-corrected chi connectivity index (χ1v) is 8.60. The molecule has 1 aromatic rings. The van der Waals surface area contributed by atoms with Gasteiger partial charge in [0.05, 0.1) is 19.1 Å². The maximum absolute atomic E-state index is 14.7. The van der Waals surface area contributed by atoms with Crippen molar-refractivity contribution in [2.45, 2.75) is 64.5 Å². The number of esters is 1.